The molecule has 2 aliphatic heterocycles. The lowest BCUT2D eigenvalue weighted by molar-refractivity contribution is -0.132. The molecular formula is C20H32N6O2. The average molecular weight is 389 g/mol. The van der Waals surface area contributed by atoms with Crippen LogP contribution in [0.25, 0.3) is 0 Å². The van der Waals surface area contributed by atoms with E-state index < -0.39 is 0 Å². The zero-order valence-corrected chi connectivity index (χ0v) is 17.7. The van der Waals surface area contributed by atoms with Crippen molar-refractivity contribution in [2.45, 2.75) is 77.5 Å². The molecule has 2 aliphatic rings. The van der Waals surface area contributed by atoms with Gasteiger partial charge in [0.25, 0.3) is 0 Å². The van der Waals surface area contributed by atoms with Gasteiger partial charge in [0.05, 0.1) is 12.1 Å². The molecule has 0 bridgehead atoms. The smallest absolute Gasteiger partial charge is 0.225 e. The standard InChI is InChI=1S/C20H32N6O2/c1-19(2,3)25-10-13(7-17(25)27)23-15-9-16(22-12-21-15)24-14-8-18(28)26(11-14)20(4,5)6/h9,12-14H,7-8,10-11H2,1-6H3,(H2,21,22,23,24). The predicted octanol–water partition coefficient (Wildman–Crippen LogP) is 2.10. The van der Waals surface area contributed by atoms with Crippen LogP contribution in [0.4, 0.5) is 11.6 Å². The number of amides is 2. The van der Waals surface area contributed by atoms with E-state index in [1.54, 1.807) is 0 Å². The van der Waals surface area contributed by atoms with Crippen molar-refractivity contribution in [3.63, 3.8) is 0 Å². The van der Waals surface area contributed by atoms with Crippen LogP contribution in [0.1, 0.15) is 54.4 Å². The third kappa shape index (κ3) is 4.54. The second-order valence-electron chi connectivity index (χ2n) is 9.73. The molecule has 2 fully saturated rings. The highest BCUT2D eigenvalue weighted by atomic mass is 16.2. The van der Waals surface area contributed by atoms with Gasteiger partial charge in [0.2, 0.25) is 11.8 Å². The van der Waals surface area contributed by atoms with Gasteiger partial charge in [0.1, 0.15) is 18.0 Å². The number of rotatable bonds is 4. The molecule has 8 nitrogen and oxygen atoms in total. The fourth-order valence-corrected chi connectivity index (χ4v) is 3.84. The van der Waals surface area contributed by atoms with Gasteiger partial charge in [0, 0.05) is 43.1 Å². The Morgan fingerprint density at radius 1 is 0.821 bits per heavy atom. The monoisotopic (exact) mass is 388 g/mol. The van der Waals surface area contributed by atoms with Crippen LogP contribution < -0.4 is 10.6 Å². The van der Waals surface area contributed by atoms with Gasteiger partial charge in [-0.15, -0.1) is 0 Å². The fraction of sp³-hybridized carbons (Fsp3) is 0.700. The average Bonchev–Trinajstić information content (AvgIpc) is 3.09. The number of nitrogens with zero attached hydrogens (tertiary/aromatic N) is 4. The maximum atomic E-state index is 12.3. The summed E-state index contributed by atoms with van der Waals surface area (Å²) in [4.78, 5) is 36.9. The van der Waals surface area contributed by atoms with Crippen molar-refractivity contribution >= 4 is 23.5 Å². The summed E-state index contributed by atoms with van der Waals surface area (Å²) < 4.78 is 0. The second kappa shape index (κ2) is 7.22. The van der Waals surface area contributed by atoms with Gasteiger partial charge in [-0.3, -0.25) is 9.59 Å². The van der Waals surface area contributed by atoms with Crippen molar-refractivity contribution in [3.05, 3.63) is 12.4 Å². The van der Waals surface area contributed by atoms with Crippen molar-refractivity contribution in [2.24, 2.45) is 0 Å². The van der Waals surface area contributed by atoms with Crippen LogP contribution >= 0.6 is 0 Å². The molecule has 154 valence electrons. The Labute approximate surface area is 167 Å². The van der Waals surface area contributed by atoms with Crippen LogP contribution in [-0.4, -0.2) is 67.8 Å². The number of carbonyl (C=O) groups is 2. The highest BCUT2D eigenvalue weighted by molar-refractivity contribution is 5.81. The van der Waals surface area contributed by atoms with Gasteiger partial charge in [-0.1, -0.05) is 0 Å². The van der Waals surface area contributed by atoms with Crippen LogP contribution in [0.2, 0.25) is 0 Å². The Hall–Kier alpha value is -2.38. The zero-order valence-electron chi connectivity index (χ0n) is 17.7. The lowest BCUT2D eigenvalue weighted by Crippen LogP contribution is -2.43. The first-order valence-corrected chi connectivity index (χ1v) is 9.89. The highest BCUT2D eigenvalue weighted by Gasteiger charge is 2.37. The maximum absolute atomic E-state index is 12.3. The molecule has 0 saturated carbocycles. The first-order valence-electron chi connectivity index (χ1n) is 9.89. The van der Waals surface area contributed by atoms with Crippen LogP contribution in [0.5, 0.6) is 0 Å². The maximum Gasteiger partial charge on any atom is 0.225 e. The number of carbonyl (C=O) groups excluding carboxylic acids is 2. The number of aromatic nitrogens is 2. The molecule has 3 rings (SSSR count). The Bertz CT molecular complexity index is 693. The Morgan fingerprint density at radius 3 is 1.54 bits per heavy atom. The van der Waals surface area contributed by atoms with E-state index in [1.165, 1.54) is 6.33 Å². The topological polar surface area (TPSA) is 90.5 Å². The molecule has 2 unspecified atom stereocenters. The van der Waals surface area contributed by atoms with Gasteiger partial charge in [0.15, 0.2) is 0 Å². The van der Waals surface area contributed by atoms with E-state index in [2.05, 4.69) is 20.6 Å². The van der Waals surface area contributed by atoms with E-state index in [-0.39, 0.29) is 35.0 Å². The zero-order chi connectivity index (χ0) is 20.7. The SMILES string of the molecule is CC(C)(C)N1CC(Nc2cc(NC3CC(=O)N(C(C)(C)C)C3)ncn2)CC1=O. The summed E-state index contributed by atoms with van der Waals surface area (Å²) in [6.45, 7) is 13.6. The first-order chi connectivity index (χ1) is 12.9. The molecule has 2 saturated heterocycles. The third-order valence-corrected chi connectivity index (χ3v) is 5.24. The molecule has 28 heavy (non-hydrogen) atoms. The minimum atomic E-state index is -0.181. The van der Waals surface area contributed by atoms with Crippen LogP contribution in [0, 0.1) is 0 Å². The number of nitrogens with one attached hydrogen (secondary N) is 2. The molecule has 3 heterocycles. The largest absolute Gasteiger partial charge is 0.365 e. The Balaban J connectivity index is 1.61. The van der Waals surface area contributed by atoms with E-state index in [9.17, 15) is 9.59 Å². The predicted molar refractivity (Wildman–Crippen MR) is 109 cm³/mol. The second-order valence-corrected chi connectivity index (χ2v) is 9.73. The van der Waals surface area contributed by atoms with Crippen LogP contribution in [-0.2, 0) is 9.59 Å². The lowest BCUT2D eigenvalue weighted by Gasteiger charge is -2.32. The number of anilines is 2. The van der Waals surface area contributed by atoms with E-state index in [1.807, 2.05) is 57.4 Å². The molecule has 2 amide bonds. The van der Waals surface area contributed by atoms with E-state index in [4.69, 9.17) is 0 Å². The highest BCUT2D eigenvalue weighted by Crippen LogP contribution is 2.26. The lowest BCUT2D eigenvalue weighted by atomic mass is 10.1. The van der Waals surface area contributed by atoms with Gasteiger partial charge >= 0.3 is 0 Å². The minimum Gasteiger partial charge on any atom is -0.365 e. The molecule has 1 aromatic heterocycles. The molecule has 0 spiro atoms. The van der Waals surface area contributed by atoms with Gasteiger partial charge in [-0.2, -0.15) is 0 Å². The third-order valence-electron chi connectivity index (χ3n) is 5.24. The van der Waals surface area contributed by atoms with Crippen molar-refractivity contribution in [2.75, 3.05) is 23.7 Å². The summed E-state index contributed by atoms with van der Waals surface area (Å²) in [5.41, 5.74) is -0.361. The van der Waals surface area contributed by atoms with Crippen molar-refractivity contribution in [3.8, 4) is 0 Å². The fourth-order valence-electron chi connectivity index (χ4n) is 3.84. The normalized spacial score (nSPS) is 23.5. The molecule has 1 aromatic rings. The minimum absolute atomic E-state index is 0.0268. The molecular weight excluding hydrogens is 356 g/mol. The summed E-state index contributed by atoms with van der Waals surface area (Å²) >= 11 is 0. The summed E-state index contributed by atoms with van der Waals surface area (Å²) in [5.74, 6) is 1.68. The molecule has 0 aromatic carbocycles. The van der Waals surface area contributed by atoms with Gasteiger partial charge < -0.3 is 20.4 Å². The summed E-state index contributed by atoms with van der Waals surface area (Å²) in [6, 6.07) is 1.90. The number of likely N-dealkylation sites (tertiary alicyclic amines) is 2. The molecule has 0 radical (unpaired) electrons. The molecule has 0 aliphatic carbocycles. The van der Waals surface area contributed by atoms with Gasteiger partial charge in [-0.25, -0.2) is 9.97 Å². The van der Waals surface area contributed by atoms with Gasteiger partial charge in [-0.05, 0) is 41.5 Å². The van der Waals surface area contributed by atoms with Crippen molar-refractivity contribution in [1.29, 1.82) is 0 Å². The van der Waals surface area contributed by atoms with E-state index in [0.29, 0.717) is 37.6 Å². The van der Waals surface area contributed by atoms with E-state index in [0.717, 1.165) is 0 Å². The van der Waals surface area contributed by atoms with Crippen LogP contribution in [0.3, 0.4) is 0 Å². The summed E-state index contributed by atoms with van der Waals surface area (Å²) in [7, 11) is 0. The summed E-state index contributed by atoms with van der Waals surface area (Å²) in [5, 5.41) is 6.70. The summed E-state index contributed by atoms with van der Waals surface area (Å²) in [6.07, 6.45) is 2.42. The van der Waals surface area contributed by atoms with E-state index >= 15 is 0 Å². The number of hydrogen-bond acceptors (Lipinski definition) is 6. The molecule has 2 atom stereocenters. The molecule has 2 N–H and O–H groups in total. The first kappa shape index (κ1) is 20.4. The van der Waals surface area contributed by atoms with Crippen molar-refractivity contribution in [1.82, 2.24) is 19.8 Å². The number of hydrogen-bond donors (Lipinski definition) is 2. The Kier molecular flexibility index (Phi) is 5.25. The Morgan fingerprint density at radius 2 is 1.21 bits per heavy atom. The quantitative estimate of drug-likeness (QED) is 0.821. The molecule has 8 heteroatoms. The van der Waals surface area contributed by atoms with Crippen molar-refractivity contribution < 1.29 is 9.59 Å². The van der Waals surface area contributed by atoms with Crippen LogP contribution in [0.15, 0.2) is 12.4 Å².